The Balaban J connectivity index is 1.70. The van der Waals surface area contributed by atoms with Gasteiger partial charge in [-0.2, -0.15) is 11.8 Å². The number of thioether (sulfide) groups is 1. The molecule has 0 radical (unpaired) electrons. The van der Waals surface area contributed by atoms with Crippen molar-refractivity contribution in [1.82, 2.24) is 10.2 Å². The van der Waals surface area contributed by atoms with Crippen LogP contribution in [0.4, 0.5) is 0 Å². The lowest BCUT2D eigenvalue weighted by Crippen LogP contribution is -2.59. The third-order valence-corrected chi connectivity index (χ3v) is 6.37. The van der Waals surface area contributed by atoms with Gasteiger partial charge in [-0.05, 0) is 32.9 Å². The Hall–Kier alpha value is -0.980. The second-order valence-electron chi connectivity index (χ2n) is 6.52. The minimum atomic E-state index is -0.0126. The van der Waals surface area contributed by atoms with Crippen molar-refractivity contribution in [3.05, 3.63) is 22.6 Å². The molecule has 0 bridgehead atoms. The summed E-state index contributed by atoms with van der Waals surface area (Å²) in [7, 11) is 0. The maximum atomic E-state index is 12.7. The Bertz CT molecular complexity index is 573. The number of rotatable bonds is 4. The molecule has 2 aliphatic heterocycles. The number of hydrogen-bond donors (Lipinski definition) is 1. The molecule has 5 nitrogen and oxygen atoms in total. The van der Waals surface area contributed by atoms with Crippen molar-refractivity contribution >= 4 is 17.7 Å². The molecule has 2 aliphatic rings. The maximum absolute atomic E-state index is 12.7. The smallest absolute Gasteiger partial charge is 0.255 e. The van der Waals surface area contributed by atoms with Crippen LogP contribution in [0.3, 0.4) is 0 Å². The Labute approximate surface area is 142 Å². The van der Waals surface area contributed by atoms with E-state index in [1.807, 2.05) is 32.5 Å². The average molecular weight is 338 g/mol. The molecule has 0 aromatic carbocycles. The van der Waals surface area contributed by atoms with Crippen LogP contribution in [0.5, 0.6) is 0 Å². The van der Waals surface area contributed by atoms with Crippen molar-refractivity contribution in [3.63, 3.8) is 0 Å². The fraction of sp³-hybridized carbons (Fsp3) is 0.706. The summed E-state index contributed by atoms with van der Waals surface area (Å²) in [5.41, 5.74) is 1.72. The average Bonchev–Trinajstić information content (AvgIpc) is 3.12. The lowest BCUT2D eigenvalue weighted by atomic mass is 9.95. The van der Waals surface area contributed by atoms with E-state index in [9.17, 15) is 4.79 Å². The van der Waals surface area contributed by atoms with E-state index in [0.29, 0.717) is 17.9 Å². The Morgan fingerprint density at radius 2 is 2.00 bits per heavy atom. The highest BCUT2D eigenvalue weighted by Gasteiger charge is 2.41. The van der Waals surface area contributed by atoms with Gasteiger partial charge in [-0.25, -0.2) is 0 Å². The molecule has 1 aromatic rings. The van der Waals surface area contributed by atoms with Crippen LogP contribution in [0.15, 0.2) is 4.42 Å². The summed E-state index contributed by atoms with van der Waals surface area (Å²) >= 11 is 1.98. The minimum absolute atomic E-state index is 0.0126. The number of amides is 1. The third kappa shape index (κ3) is 3.30. The van der Waals surface area contributed by atoms with Crippen molar-refractivity contribution in [2.45, 2.75) is 32.7 Å². The van der Waals surface area contributed by atoms with Gasteiger partial charge in [0.2, 0.25) is 0 Å². The molecule has 3 heterocycles. The maximum Gasteiger partial charge on any atom is 0.255 e. The standard InChI is InChI=1S/C17H26N2O3S/c1-12-13(2)22-14(3)15(12)16(20)18-10-17(4-9-23-11-17)19-5-7-21-8-6-19/h4-11H2,1-3H3,(H,18,20). The van der Waals surface area contributed by atoms with Gasteiger partial charge in [0.05, 0.1) is 18.8 Å². The molecule has 0 spiro atoms. The van der Waals surface area contributed by atoms with Gasteiger partial charge in [0.25, 0.3) is 5.91 Å². The number of nitrogens with zero attached hydrogens (tertiary/aromatic N) is 1. The van der Waals surface area contributed by atoms with Crippen molar-refractivity contribution in [3.8, 4) is 0 Å². The largest absolute Gasteiger partial charge is 0.466 e. The van der Waals surface area contributed by atoms with Gasteiger partial charge in [0, 0.05) is 36.5 Å². The topological polar surface area (TPSA) is 54.7 Å². The highest BCUT2D eigenvalue weighted by Crippen LogP contribution is 2.33. The van der Waals surface area contributed by atoms with Crippen molar-refractivity contribution in [1.29, 1.82) is 0 Å². The van der Waals surface area contributed by atoms with Gasteiger partial charge in [0.1, 0.15) is 11.5 Å². The van der Waals surface area contributed by atoms with Crippen LogP contribution in [0.1, 0.15) is 33.9 Å². The number of nitrogens with one attached hydrogen (secondary N) is 1. The second-order valence-corrected chi connectivity index (χ2v) is 7.63. The molecule has 3 rings (SSSR count). The first kappa shape index (κ1) is 16.9. The number of furan rings is 1. The highest BCUT2D eigenvalue weighted by molar-refractivity contribution is 7.99. The minimum Gasteiger partial charge on any atom is -0.466 e. The van der Waals surface area contributed by atoms with Crippen molar-refractivity contribution < 1.29 is 13.9 Å². The molecule has 6 heteroatoms. The summed E-state index contributed by atoms with van der Waals surface area (Å²) in [5.74, 6) is 3.76. The monoisotopic (exact) mass is 338 g/mol. The van der Waals surface area contributed by atoms with Crippen LogP contribution in [-0.2, 0) is 4.74 Å². The third-order valence-electron chi connectivity index (χ3n) is 5.13. The van der Waals surface area contributed by atoms with Gasteiger partial charge in [-0.1, -0.05) is 0 Å². The number of hydrogen-bond acceptors (Lipinski definition) is 5. The van der Waals surface area contributed by atoms with Gasteiger partial charge in [-0.3, -0.25) is 9.69 Å². The molecule has 1 unspecified atom stereocenters. The van der Waals surface area contributed by atoms with Crippen molar-refractivity contribution in [2.24, 2.45) is 0 Å². The molecule has 0 saturated carbocycles. The summed E-state index contributed by atoms with van der Waals surface area (Å²) in [4.78, 5) is 15.2. The van der Waals surface area contributed by atoms with E-state index in [1.54, 1.807) is 0 Å². The molecular formula is C17H26N2O3S. The first-order chi connectivity index (χ1) is 11.0. The van der Waals surface area contributed by atoms with Crippen LogP contribution >= 0.6 is 11.8 Å². The Kier molecular flexibility index (Phi) is 5.04. The van der Waals surface area contributed by atoms with E-state index < -0.39 is 0 Å². The quantitative estimate of drug-likeness (QED) is 0.912. The molecule has 23 heavy (non-hydrogen) atoms. The summed E-state index contributed by atoms with van der Waals surface area (Å²) in [6.45, 7) is 9.91. The predicted molar refractivity (Wildman–Crippen MR) is 92.3 cm³/mol. The lowest BCUT2D eigenvalue weighted by molar-refractivity contribution is -0.0129. The van der Waals surface area contributed by atoms with E-state index in [1.165, 1.54) is 0 Å². The number of aryl methyl sites for hydroxylation is 2. The molecule has 2 fully saturated rings. The first-order valence-electron chi connectivity index (χ1n) is 8.29. The van der Waals surface area contributed by atoms with Crippen LogP contribution < -0.4 is 5.32 Å². The summed E-state index contributed by atoms with van der Waals surface area (Å²) in [5, 5.41) is 3.18. The Morgan fingerprint density at radius 3 is 2.57 bits per heavy atom. The van der Waals surface area contributed by atoms with Crippen molar-refractivity contribution in [2.75, 3.05) is 44.4 Å². The molecule has 128 valence electrons. The molecule has 2 saturated heterocycles. The molecule has 1 N–H and O–H groups in total. The van der Waals surface area contributed by atoms with E-state index >= 15 is 0 Å². The van der Waals surface area contributed by atoms with E-state index in [-0.39, 0.29) is 11.4 Å². The van der Waals surface area contributed by atoms with Crippen LogP contribution in [-0.4, -0.2) is 60.7 Å². The number of morpholine rings is 1. The fourth-order valence-corrected chi connectivity index (χ4v) is 5.07. The highest BCUT2D eigenvalue weighted by atomic mass is 32.2. The van der Waals surface area contributed by atoms with E-state index in [4.69, 9.17) is 9.15 Å². The molecule has 1 atom stereocenters. The van der Waals surface area contributed by atoms with Crippen LogP contribution in [0.25, 0.3) is 0 Å². The summed E-state index contributed by atoms with van der Waals surface area (Å²) in [6.07, 6.45) is 1.13. The molecule has 0 aliphatic carbocycles. The normalized spacial score (nSPS) is 25.7. The number of ether oxygens (including phenoxy) is 1. The van der Waals surface area contributed by atoms with Gasteiger partial charge >= 0.3 is 0 Å². The zero-order valence-corrected chi connectivity index (χ0v) is 15.1. The van der Waals surface area contributed by atoms with Gasteiger partial charge < -0.3 is 14.5 Å². The zero-order valence-electron chi connectivity index (χ0n) is 14.2. The number of carbonyl (C=O) groups excluding carboxylic acids is 1. The first-order valence-corrected chi connectivity index (χ1v) is 9.44. The van der Waals surface area contributed by atoms with Crippen LogP contribution in [0.2, 0.25) is 0 Å². The van der Waals surface area contributed by atoms with Gasteiger partial charge in [-0.15, -0.1) is 0 Å². The predicted octanol–water partition coefficient (Wildman–Crippen LogP) is 2.14. The van der Waals surface area contributed by atoms with E-state index in [2.05, 4.69) is 10.2 Å². The van der Waals surface area contributed by atoms with Crippen LogP contribution in [0, 0.1) is 20.8 Å². The summed E-state index contributed by atoms with van der Waals surface area (Å²) < 4.78 is 11.1. The fourth-order valence-electron chi connectivity index (χ4n) is 3.60. The van der Waals surface area contributed by atoms with E-state index in [0.717, 1.165) is 55.6 Å². The second kappa shape index (κ2) is 6.87. The molecule has 1 aromatic heterocycles. The van der Waals surface area contributed by atoms with Gasteiger partial charge in [0.15, 0.2) is 0 Å². The zero-order chi connectivity index (χ0) is 16.4. The molecule has 1 amide bonds. The Morgan fingerprint density at radius 1 is 1.26 bits per heavy atom. The molecular weight excluding hydrogens is 312 g/mol. The SMILES string of the molecule is Cc1oc(C)c(C(=O)NCC2(N3CCOCC3)CCSC2)c1C. The lowest BCUT2D eigenvalue weighted by Gasteiger charge is -2.43. The summed E-state index contributed by atoms with van der Waals surface area (Å²) in [6, 6.07) is 0. The number of carbonyl (C=O) groups is 1.